The molecular formula is C21H20ClN7O3. The fourth-order valence-electron chi connectivity index (χ4n) is 4.92. The second-order valence-corrected chi connectivity index (χ2v) is 8.97. The first-order valence-electron chi connectivity index (χ1n) is 10.4. The van der Waals surface area contributed by atoms with E-state index in [4.69, 9.17) is 16.1 Å². The number of fused-ring (bicyclic) bond motifs is 2. The van der Waals surface area contributed by atoms with Crippen LogP contribution in [0.3, 0.4) is 0 Å². The van der Waals surface area contributed by atoms with Gasteiger partial charge in [-0.25, -0.2) is 9.78 Å². The lowest BCUT2D eigenvalue weighted by Crippen LogP contribution is -2.37. The minimum Gasteiger partial charge on any atom is -0.371 e. The van der Waals surface area contributed by atoms with Gasteiger partial charge in [0.2, 0.25) is 5.89 Å². The van der Waals surface area contributed by atoms with Crippen LogP contribution < -0.4 is 16.1 Å². The molecule has 1 aliphatic carbocycles. The number of anilines is 1. The monoisotopic (exact) mass is 453 g/mol. The van der Waals surface area contributed by atoms with Crippen molar-refractivity contribution in [1.29, 1.82) is 0 Å². The zero-order valence-corrected chi connectivity index (χ0v) is 18.2. The molecular weight excluding hydrogens is 434 g/mol. The molecule has 10 nitrogen and oxygen atoms in total. The van der Waals surface area contributed by atoms with Gasteiger partial charge in [-0.2, -0.15) is 4.98 Å². The van der Waals surface area contributed by atoms with Crippen LogP contribution in [0, 0.1) is 11.8 Å². The number of hydrogen-bond donors (Lipinski definition) is 0. The highest BCUT2D eigenvalue weighted by Crippen LogP contribution is 2.58. The first kappa shape index (κ1) is 19.3. The number of benzene rings is 1. The van der Waals surface area contributed by atoms with E-state index >= 15 is 0 Å². The van der Waals surface area contributed by atoms with Gasteiger partial charge in [0, 0.05) is 43.8 Å². The van der Waals surface area contributed by atoms with E-state index < -0.39 is 11.2 Å². The molecule has 6 rings (SSSR count). The molecule has 32 heavy (non-hydrogen) atoms. The van der Waals surface area contributed by atoms with Crippen molar-refractivity contribution in [3.05, 3.63) is 68.2 Å². The summed E-state index contributed by atoms with van der Waals surface area (Å²) in [6.45, 7) is 2.10. The standard InChI is InChI=1S/C21H20ClN7O3/c1-26-19-17(20(30)27(2)21(26)31)29(10-23-19)9-15-24-18(25-32-15)16-13-7-28(8-14(13)16)12-5-3-4-11(22)6-12/h3-6,10,13-14,16H,7-9H2,1-2H3/t13-,14+,16-. The van der Waals surface area contributed by atoms with Gasteiger partial charge in [-0.3, -0.25) is 13.9 Å². The third-order valence-corrected chi connectivity index (χ3v) is 6.91. The van der Waals surface area contributed by atoms with Gasteiger partial charge in [-0.1, -0.05) is 22.8 Å². The summed E-state index contributed by atoms with van der Waals surface area (Å²) in [7, 11) is 3.04. The molecule has 2 fully saturated rings. The maximum atomic E-state index is 12.6. The topological polar surface area (TPSA) is 104 Å². The van der Waals surface area contributed by atoms with E-state index in [1.54, 1.807) is 11.6 Å². The lowest BCUT2D eigenvalue weighted by molar-refractivity contribution is 0.366. The van der Waals surface area contributed by atoms with Crippen LogP contribution in [0.2, 0.25) is 5.02 Å². The van der Waals surface area contributed by atoms with Crippen molar-refractivity contribution in [2.75, 3.05) is 18.0 Å². The summed E-state index contributed by atoms with van der Waals surface area (Å²) in [5, 5.41) is 4.95. The molecule has 164 valence electrons. The van der Waals surface area contributed by atoms with E-state index in [0.29, 0.717) is 34.7 Å². The van der Waals surface area contributed by atoms with Crippen LogP contribution in [0.15, 0.2) is 44.7 Å². The zero-order valence-electron chi connectivity index (χ0n) is 17.5. The molecule has 4 heterocycles. The Bertz CT molecular complexity index is 1470. The van der Waals surface area contributed by atoms with E-state index in [1.165, 1.54) is 17.9 Å². The highest BCUT2D eigenvalue weighted by atomic mass is 35.5. The smallest absolute Gasteiger partial charge is 0.332 e. The summed E-state index contributed by atoms with van der Waals surface area (Å²) in [5.74, 6) is 2.40. The quantitative estimate of drug-likeness (QED) is 0.459. The number of imidazole rings is 1. The molecule has 1 saturated heterocycles. The lowest BCUT2D eigenvalue weighted by atomic mass is 10.2. The SMILES string of the molecule is Cn1c(=O)c2c(ncn2Cc2nc([C@@H]3[C@@H]4CN(c5cccc(Cl)c5)C[C@@H]43)no2)n(C)c1=O. The van der Waals surface area contributed by atoms with Gasteiger partial charge in [-0.05, 0) is 30.0 Å². The summed E-state index contributed by atoms with van der Waals surface area (Å²) in [4.78, 5) is 35.9. The molecule has 1 aliphatic heterocycles. The van der Waals surface area contributed by atoms with Crippen LogP contribution in [0.5, 0.6) is 0 Å². The Morgan fingerprint density at radius 3 is 2.69 bits per heavy atom. The van der Waals surface area contributed by atoms with E-state index in [9.17, 15) is 9.59 Å². The number of halogens is 1. The van der Waals surface area contributed by atoms with Crippen LogP contribution in [0.4, 0.5) is 5.69 Å². The molecule has 2 aliphatic rings. The van der Waals surface area contributed by atoms with Gasteiger partial charge in [0.25, 0.3) is 5.56 Å². The Balaban J connectivity index is 1.20. The normalized spacial score (nSPS) is 22.0. The molecule has 0 spiro atoms. The maximum Gasteiger partial charge on any atom is 0.332 e. The van der Waals surface area contributed by atoms with E-state index in [2.05, 4.69) is 26.1 Å². The van der Waals surface area contributed by atoms with Crippen LogP contribution >= 0.6 is 11.6 Å². The summed E-state index contributed by atoms with van der Waals surface area (Å²) in [6.07, 6.45) is 1.52. The fraction of sp³-hybridized carbons (Fsp3) is 0.381. The molecule has 0 bridgehead atoms. The predicted molar refractivity (Wildman–Crippen MR) is 117 cm³/mol. The molecule has 1 saturated carbocycles. The number of aromatic nitrogens is 6. The molecule has 0 amide bonds. The Morgan fingerprint density at radius 1 is 1.16 bits per heavy atom. The van der Waals surface area contributed by atoms with Crippen LogP contribution in [-0.4, -0.2) is 41.9 Å². The van der Waals surface area contributed by atoms with E-state index in [-0.39, 0.29) is 12.5 Å². The lowest BCUT2D eigenvalue weighted by Gasteiger charge is -2.21. The third-order valence-electron chi connectivity index (χ3n) is 6.67. The van der Waals surface area contributed by atoms with Crippen molar-refractivity contribution in [2.24, 2.45) is 25.9 Å². The summed E-state index contributed by atoms with van der Waals surface area (Å²) in [5.41, 5.74) is 0.976. The van der Waals surface area contributed by atoms with Gasteiger partial charge in [0.1, 0.15) is 6.54 Å². The Kier molecular flexibility index (Phi) is 4.10. The molecule has 4 aromatic rings. The molecule has 0 N–H and O–H groups in total. The molecule has 11 heteroatoms. The van der Waals surface area contributed by atoms with Gasteiger partial charge in [0.05, 0.1) is 6.33 Å². The molecule has 3 atom stereocenters. The second-order valence-electron chi connectivity index (χ2n) is 8.54. The molecule has 1 aromatic carbocycles. The molecule has 3 aromatic heterocycles. The minimum atomic E-state index is -0.417. The van der Waals surface area contributed by atoms with Crippen molar-refractivity contribution in [1.82, 2.24) is 28.8 Å². The van der Waals surface area contributed by atoms with Gasteiger partial charge in [-0.15, -0.1) is 0 Å². The summed E-state index contributed by atoms with van der Waals surface area (Å²) in [6, 6.07) is 7.91. The van der Waals surface area contributed by atoms with Crippen LogP contribution in [-0.2, 0) is 20.6 Å². The van der Waals surface area contributed by atoms with Crippen molar-refractivity contribution in [3.8, 4) is 0 Å². The average molecular weight is 454 g/mol. The van der Waals surface area contributed by atoms with E-state index in [0.717, 1.165) is 28.4 Å². The highest BCUT2D eigenvalue weighted by molar-refractivity contribution is 6.30. The fourth-order valence-corrected chi connectivity index (χ4v) is 5.11. The van der Waals surface area contributed by atoms with Gasteiger partial charge in [0.15, 0.2) is 17.0 Å². The zero-order chi connectivity index (χ0) is 22.1. The Morgan fingerprint density at radius 2 is 1.94 bits per heavy atom. The predicted octanol–water partition coefficient (Wildman–Crippen LogP) is 1.37. The number of rotatable bonds is 4. The Hall–Kier alpha value is -3.40. The molecule has 0 unspecified atom stereocenters. The average Bonchev–Trinajstić information content (AvgIpc) is 3.23. The van der Waals surface area contributed by atoms with Crippen molar-refractivity contribution in [3.63, 3.8) is 0 Å². The maximum absolute atomic E-state index is 12.6. The van der Waals surface area contributed by atoms with Gasteiger partial charge < -0.3 is 14.0 Å². The number of hydrogen-bond acceptors (Lipinski definition) is 7. The van der Waals surface area contributed by atoms with Crippen molar-refractivity contribution in [2.45, 2.75) is 12.5 Å². The number of nitrogens with zero attached hydrogens (tertiary/aromatic N) is 7. The highest BCUT2D eigenvalue weighted by Gasteiger charge is 2.58. The molecule has 0 radical (unpaired) electrons. The van der Waals surface area contributed by atoms with Crippen molar-refractivity contribution < 1.29 is 4.52 Å². The van der Waals surface area contributed by atoms with Crippen LogP contribution in [0.25, 0.3) is 11.2 Å². The van der Waals surface area contributed by atoms with Crippen molar-refractivity contribution >= 4 is 28.5 Å². The largest absolute Gasteiger partial charge is 0.371 e. The Labute approximate surface area is 186 Å². The van der Waals surface area contributed by atoms with Gasteiger partial charge >= 0.3 is 5.69 Å². The van der Waals surface area contributed by atoms with E-state index in [1.807, 2.05) is 18.2 Å². The number of piperidine rings is 1. The first-order valence-corrected chi connectivity index (χ1v) is 10.7. The minimum absolute atomic E-state index is 0.216. The van der Waals surface area contributed by atoms with Crippen LogP contribution in [0.1, 0.15) is 17.6 Å². The third kappa shape index (κ3) is 2.82. The summed E-state index contributed by atoms with van der Waals surface area (Å²) < 4.78 is 9.55. The summed E-state index contributed by atoms with van der Waals surface area (Å²) >= 11 is 6.12. The second kappa shape index (κ2) is 6.80. The number of aryl methyl sites for hydroxylation is 1. The first-order chi connectivity index (χ1) is 15.4.